The zero-order chi connectivity index (χ0) is 15.7. The van der Waals surface area contributed by atoms with Crippen LogP contribution in [0.5, 0.6) is 0 Å². The van der Waals surface area contributed by atoms with E-state index in [9.17, 15) is 12.8 Å². The van der Waals surface area contributed by atoms with Crippen molar-refractivity contribution in [2.45, 2.75) is 12.8 Å². The van der Waals surface area contributed by atoms with Gasteiger partial charge < -0.3 is 0 Å². The van der Waals surface area contributed by atoms with Crippen molar-refractivity contribution in [3.63, 3.8) is 0 Å². The highest BCUT2D eigenvalue weighted by Gasteiger charge is 2.43. The van der Waals surface area contributed by atoms with Crippen molar-refractivity contribution >= 4 is 57.6 Å². The lowest BCUT2D eigenvalue weighted by Gasteiger charge is -2.36. The second-order valence-corrected chi connectivity index (χ2v) is 9.95. The molecule has 1 saturated heterocycles. The monoisotopic (exact) mass is 504 g/mol. The molecule has 0 bridgehead atoms. The van der Waals surface area contributed by atoms with E-state index in [4.69, 9.17) is 0 Å². The van der Waals surface area contributed by atoms with Gasteiger partial charge in [-0.15, -0.1) is 0 Å². The molecule has 0 amide bonds. The Hall–Kier alpha value is 0.540. The summed E-state index contributed by atoms with van der Waals surface area (Å²) in [5, 5.41) is 1.36. The molecule has 1 unspecified atom stereocenters. The largest absolute Gasteiger partial charge is 0.229 e. The molecular weight excluding hydrogens is 491 g/mol. The van der Waals surface area contributed by atoms with Gasteiger partial charge in [0.1, 0.15) is 5.82 Å². The molecule has 7 heteroatoms. The average Bonchev–Trinajstić information content (AvgIpc) is 2.76. The van der Waals surface area contributed by atoms with Crippen LogP contribution in [-0.4, -0.2) is 30.6 Å². The van der Waals surface area contributed by atoms with Gasteiger partial charge in [-0.1, -0.05) is 47.8 Å². The third-order valence-corrected chi connectivity index (χ3v) is 8.57. The number of rotatable bonds is 5. The summed E-state index contributed by atoms with van der Waals surface area (Å²) >= 11 is 10.4. The second kappa shape index (κ2) is 6.97. The van der Waals surface area contributed by atoms with E-state index in [0.29, 0.717) is 28.0 Å². The molecule has 2 nitrogen and oxygen atoms in total. The van der Waals surface area contributed by atoms with Gasteiger partial charge in [-0.05, 0) is 47.9 Å². The van der Waals surface area contributed by atoms with Gasteiger partial charge in [0.15, 0.2) is 9.84 Å². The van der Waals surface area contributed by atoms with Gasteiger partial charge >= 0.3 is 0 Å². The quantitative estimate of drug-likeness (QED) is 0.557. The zero-order valence-corrected chi connectivity index (χ0v) is 16.9. The molecule has 0 spiro atoms. The Balaban J connectivity index is 2.30. The molecule has 0 aliphatic carbocycles. The van der Waals surface area contributed by atoms with E-state index in [0.717, 1.165) is 5.56 Å². The lowest BCUT2D eigenvalue weighted by atomic mass is 9.74. The molecule has 1 fully saturated rings. The summed E-state index contributed by atoms with van der Waals surface area (Å²) in [7, 11) is -2.93. The maximum atomic E-state index is 13.6. The first-order valence-electron chi connectivity index (χ1n) is 6.57. The summed E-state index contributed by atoms with van der Waals surface area (Å²) < 4.78 is 37.8. The van der Waals surface area contributed by atoms with Crippen molar-refractivity contribution in [3.8, 4) is 0 Å². The Morgan fingerprint density at radius 3 is 2.38 bits per heavy atom. The molecule has 1 aliphatic heterocycles. The van der Waals surface area contributed by atoms with E-state index in [-0.39, 0.29) is 28.7 Å². The predicted octanol–water partition coefficient (Wildman–Crippen LogP) is 4.34. The first-order valence-corrected chi connectivity index (χ1v) is 11.4. The highest BCUT2D eigenvalue weighted by atomic mass is 79.9. The van der Waals surface area contributed by atoms with Crippen LogP contribution >= 0.6 is 47.8 Å². The van der Waals surface area contributed by atoms with Crippen LogP contribution in [0.3, 0.4) is 0 Å². The molecule has 1 heterocycles. The van der Waals surface area contributed by atoms with Crippen LogP contribution < -0.4 is 0 Å². The SMILES string of the molecule is O=S1(=O)CCC(C(CBr)(CBr)Cc2cc(F)cc(Br)c2)C1. The maximum Gasteiger partial charge on any atom is 0.150 e. The van der Waals surface area contributed by atoms with Gasteiger partial charge in [-0.3, -0.25) is 0 Å². The molecule has 0 saturated carbocycles. The Kier molecular flexibility index (Phi) is 5.94. The first kappa shape index (κ1) is 17.9. The fourth-order valence-electron chi connectivity index (χ4n) is 2.89. The van der Waals surface area contributed by atoms with Crippen LogP contribution in [0.2, 0.25) is 0 Å². The molecule has 1 aromatic rings. The molecule has 0 aromatic heterocycles. The summed E-state index contributed by atoms with van der Waals surface area (Å²) in [6.07, 6.45) is 1.32. The summed E-state index contributed by atoms with van der Waals surface area (Å²) in [4.78, 5) is 0. The highest BCUT2D eigenvalue weighted by molar-refractivity contribution is 9.10. The lowest BCUT2D eigenvalue weighted by molar-refractivity contribution is 0.253. The van der Waals surface area contributed by atoms with Crippen molar-refractivity contribution < 1.29 is 12.8 Å². The topological polar surface area (TPSA) is 34.1 Å². The molecular formula is C14H16Br3FO2S. The summed E-state index contributed by atoms with van der Waals surface area (Å²) in [6, 6.07) is 4.84. The van der Waals surface area contributed by atoms with Gasteiger partial charge in [0.2, 0.25) is 0 Å². The zero-order valence-electron chi connectivity index (χ0n) is 11.3. The van der Waals surface area contributed by atoms with Crippen molar-refractivity contribution in [3.05, 3.63) is 34.1 Å². The Morgan fingerprint density at radius 1 is 1.24 bits per heavy atom. The number of benzene rings is 1. The molecule has 1 aliphatic rings. The molecule has 21 heavy (non-hydrogen) atoms. The van der Waals surface area contributed by atoms with E-state index in [1.807, 2.05) is 6.07 Å². The van der Waals surface area contributed by atoms with Gasteiger partial charge in [0, 0.05) is 15.1 Å². The molecule has 0 radical (unpaired) electrons. The van der Waals surface area contributed by atoms with E-state index < -0.39 is 9.84 Å². The van der Waals surface area contributed by atoms with Gasteiger partial charge in [-0.2, -0.15) is 0 Å². The fourth-order valence-corrected chi connectivity index (χ4v) is 7.59. The van der Waals surface area contributed by atoms with Crippen LogP contribution in [0.4, 0.5) is 4.39 Å². The standard InChI is InChI=1S/C14H16Br3FO2S/c15-8-14(9-16,11-1-2-21(19,20)7-11)6-10-3-12(17)5-13(18)4-10/h3-5,11H,1-2,6-9H2. The number of hydrogen-bond acceptors (Lipinski definition) is 2. The summed E-state index contributed by atoms with van der Waals surface area (Å²) in [5.74, 6) is 0.284. The van der Waals surface area contributed by atoms with Crippen molar-refractivity contribution in [2.75, 3.05) is 22.2 Å². The van der Waals surface area contributed by atoms with E-state index in [1.165, 1.54) is 12.1 Å². The maximum absolute atomic E-state index is 13.6. The summed E-state index contributed by atoms with van der Waals surface area (Å²) in [6.45, 7) is 0. The third kappa shape index (κ3) is 4.30. The van der Waals surface area contributed by atoms with E-state index in [1.54, 1.807) is 0 Å². The minimum atomic E-state index is -2.93. The van der Waals surface area contributed by atoms with Gasteiger partial charge in [0.05, 0.1) is 11.5 Å². The fraction of sp³-hybridized carbons (Fsp3) is 0.571. The third-order valence-electron chi connectivity index (χ3n) is 4.11. The van der Waals surface area contributed by atoms with Crippen LogP contribution in [-0.2, 0) is 16.3 Å². The molecule has 2 rings (SSSR count). The van der Waals surface area contributed by atoms with Gasteiger partial charge in [-0.25, -0.2) is 12.8 Å². The Labute approximate surface area is 150 Å². The molecule has 0 N–H and O–H groups in total. The summed E-state index contributed by atoms with van der Waals surface area (Å²) in [5.41, 5.74) is 0.654. The predicted molar refractivity (Wildman–Crippen MR) is 94.6 cm³/mol. The minimum absolute atomic E-state index is 0.0864. The van der Waals surface area contributed by atoms with Crippen LogP contribution in [0, 0.1) is 17.2 Å². The van der Waals surface area contributed by atoms with Gasteiger partial charge in [0.25, 0.3) is 0 Å². The Bertz CT molecular complexity index is 594. The Morgan fingerprint density at radius 2 is 1.90 bits per heavy atom. The molecule has 1 atom stereocenters. The number of alkyl halides is 2. The second-order valence-electron chi connectivity index (χ2n) is 5.68. The van der Waals surface area contributed by atoms with Crippen LogP contribution in [0.15, 0.2) is 22.7 Å². The highest BCUT2D eigenvalue weighted by Crippen LogP contribution is 2.42. The average molecular weight is 507 g/mol. The van der Waals surface area contributed by atoms with Crippen LogP contribution in [0.25, 0.3) is 0 Å². The number of halogens is 4. The first-order chi connectivity index (χ1) is 9.80. The van der Waals surface area contributed by atoms with Crippen molar-refractivity contribution in [1.82, 2.24) is 0 Å². The van der Waals surface area contributed by atoms with Crippen LogP contribution in [0.1, 0.15) is 12.0 Å². The lowest BCUT2D eigenvalue weighted by Crippen LogP contribution is -2.37. The number of hydrogen-bond donors (Lipinski definition) is 0. The van der Waals surface area contributed by atoms with E-state index >= 15 is 0 Å². The number of sulfone groups is 1. The minimum Gasteiger partial charge on any atom is -0.229 e. The van der Waals surface area contributed by atoms with E-state index in [2.05, 4.69) is 47.8 Å². The smallest absolute Gasteiger partial charge is 0.150 e. The normalized spacial score (nSPS) is 21.6. The molecule has 118 valence electrons. The van der Waals surface area contributed by atoms with Crippen molar-refractivity contribution in [1.29, 1.82) is 0 Å². The van der Waals surface area contributed by atoms with Crippen molar-refractivity contribution in [2.24, 2.45) is 11.3 Å². The molecule has 1 aromatic carbocycles.